The first kappa shape index (κ1) is 18.1. The highest BCUT2D eigenvalue weighted by molar-refractivity contribution is 5.92. The van der Waals surface area contributed by atoms with Crippen molar-refractivity contribution in [3.63, 3.8) is 0 Å². The molecule has 0 aliphatic carbocycles. The Morgan fingerprint density at radius 1 is 1.12 bits per heavy atom. The fraction of sp³-hybridized carbons (Fsp3) is 0.222. The van der Waals surface area contributed by atoms with Gasteiger partial charge in [0.15, 0.2) is 6.61 Å². The van der Waals surface area contributed by atoms with Crippen molar-refractivity contribution in [2.45, 2.75) is 6.92 Å². The van der Waals surface area contributed by atoms with Crippen LogP contribution in [-0.2, 0) is 9.53 Å². The number of anilines is 2. The minimum absolute atomic E-state index is 0.246. The summed E-state index contributed by atoms with van der Waals surface area (Å²) in [7, 11) is 1.57. The van der Waals surface area contributed by atoms with Gasteiger partial charge in [0.1, 0.15) is 11.5 Å². The van der Waals surface area contributed by atoms with Gasteiger partial charge in [0, 0.05) is 5.69 Å². The number of nitrogen functional groups attached to an aromatic ring is 1. The predicted molar refractivity (Wildman–Crippen MR) is 93.9 cm³/mol. The molecule has 0 heterocycles. The van der Waals surface area contributed by atoms with Crippen molar-refractivity contribution < 1.29 is 23.8 Å². The minimum atomic E-state index is -0.477. The van der Waals surface area contributed by atoms with E-state index in [4.69, 9.17) is 19.9 Å². The highest BCUT2D eigenvalue weighted by Gasteiger charge is 2.11. The van der Waals surface area contributed by atoms with E-state index in [1.165, 1.54) is 18.2 Å². The zero-order valence-corrected chi connectivity index (χ0v) is 14.1. The number of carbonyl (C=O) groups excluding carboxylic acids is 2. The number of hydrogen-bond acceptors (Lipinski definition) is 6. The molecule has 0 radical (unpaired) electrons. The molecule has 0 saturated heterocycles. The third-order valence-corrected chi connectivity index (χ3v) is 3.26. The largest absolute Gasteiger partial charge is 0.497 e. The number of hydrogen-bond donors (Lipinski definition) is 2. The Kier molecular flexibility index (Phi) is 6.22. The summed E-state index contributed by atoms with van der Waals surface area (Å²) in [4.78, 5) is 23.7. The van der Waals surface area contributed by atoms with E-state index in [2.05, 4.69) is 5.32 Å². The summed E-state index contributed by atoms with van der Waals surface area (Å²) in [5.41, 5.74) is 7.06. The molecule has 0 atom stereocenters. The standard InChI is InChI=1S/C18H20N2O5/c1-3-24-18(22)12-4-9-15(19)16(10-12)25-11-17(21)20-13-5-7-14(23-2)8-6-13/h4-10H,3,11,19H2,1-2H3,(H,20,21). The van der Waals surface area contributed by atoms with Crippen molar-refractivity contribution in [3.8, 4) is 11.5 Å². The van der Waals surface area contributed by atoms with Crippen molar-refractivity contribution in [1.29, 1.82) is 0 Å². The molecule has 132 valence electrons. The number of nitrogens with two attached hydrogens (primary N) is 1. The maximum Gasteiger partial charge on any atom is 0.338 e. The molecule has 0 unspecified atom stereocenters. The summed E-state index contributed by atoms with van der Waals surface area (Å²) in [6, 6.07) is 11.4. The summed E-state index contributed by atoms with van der Waals surface area (Å²) in [6.45, 7) is 1.74. The van der Waals surface area contributed by atoms with Crippen LogP contribution in [-0.4, -0.2) is 32.2 Å². The van der Waals surface area contributed by atoms with Gasteiger partial charge in [0.2, 0.25) is 0 Å². The van der Waals surface area contributed by atoms with Crippen LogP contribution in [0.25, 0.3) is 0 Å². The third kappa shape index (κ3) is 5.13. The van der Waals surface area contributed by atoms with Gasteiger partial charge in [-0.1, -0.05) is 0 Å². The molecule has 0 bridgehead atoms. The maximum absolute atomic E-state index is 12.0. The van der Waals surface area contributed by atoms with Gasteiger partial charge in [-0.15, -0.1) is 0 Å². The molecule has 0 aromatic heterocycles. The Labute approximate surface area is 145 Å². The number of nitrogens with one attached hydrogen (secondary N) is 1. The molecular weight excluding hydrogens is 324 g/mol. The topological polar surface area (TPSA) is 99.9 Å². The highest BCUT2D eigenvalue weighted by Crippen LogP contribution is 2.23. The van der Waals surface area contributed by atoms with Gasteiger partial charge >= 0.3 is 5.97 Å². The molecule has 2 aromatic rings. The molecule has 1 amide bonds. The molecule has 3 N–H and O–H groups in total. The minimum Gasteiger partial charge on any atom is -0.497 e. The number of benzene rings is 2. The van der Waals surface area contributed by atoms with Gasteiger partial charge in [-0.05, 0) is 49.4 Å². The van der Waals surface area contributed by atoms with Crippen molar-refractivity contribution in [1.82, 2.24) is 0 Å². The Morgan fingerprint density at radius 2 is 1.84 bits per heavy atom. The molecular formula is C18H20N2O5. The van der Waals surface area contributed by atoms with Crippen molar-refractivity contribution in [2.75, 3.05) is 31.4 Å². The van der Waals surface area contributed by atoms with E-state index in [1.807, 2.05) is 0 Å². The molecule has 0 saturated carbocycles. The lowest BCUT2D eigenvalue weighted by Crippen LogP contribution is -2.20. The highest BCUT2D eigenvalue weighted by atomic mass is 16.5. The summed E-state index contributed by atoms with van der Waals surface area (Å²) < 4.78 is 15.4. The lowest BCUT2D eigenvalue weighted by molar-refractivity contribution is -0.118. The Balaban J connectivity index is 1.96. The molecule has 7 heteroatoms. The zero-order chi connectivity index (χ0) is 18.2. The zero-order valence-electron chi connectivity index (χ0n) is 14.1. The molecule has 0 aliphatic heterocycles. The number of rotatable bonds is 7. The van der Waals surface area contributed by atoms with E-state index in [1.54, 1.807) is 38.3 Å². The second-order valence-electron chi connectivity index (χ2n) is 5.04. The van der Waals surface area contributed by atoms with Gasteiger partial charge < -0.3 is 25.3 Å². The van der Waals surface area contributed by atoms with Crippen LogP contribution in [0.4, 0.5) is 11.4 Å². The van der Waals surface area contributed by atoms with Gasteiger partial charge in [0.05, 0.1) is 25.0 Å². The fourth-order valence-corrected chi connectivity index (χ4v) is 2.02. The van der Waals surface area contributed by atoms with Gasteiger partial charge in [-0.3, -0.25) is 4.79 Å². The fourth-order valence-electron chi connectivity index (χ4n) is 2.02. The first-order valence-electron chi connectivity index (χ1n) is 7.66. The lowest BCUT2D eigenvalue weighted by Gasteiger charge is -2.11. The average Bonchev–Trinajstić information content (AvgIpc) is 2.62. The van der Waals surface area contributed by atoms with Gasteiger partial charge in [-0.25, -0.2) is 4.79 Å². The molecule has 0 spiro atoms. The Morgan fingerprint density at radius 3 is 2.48 bits per heavy atom. The van der Waals surface area contributed by atoms with Crippen LogP contribution in [0.15, 0.2) is 42.5 Å². The van der Waals surface area contributed by atoms with Crippen LogP contribution in [0.1, 0.15) is 17.3 Å². The van der Waals surface area contributed by atoms with E-state index in [-0.39, 0.29) is 24.9 Å². The number of methoxy groups -OCH3 is 1. The van der Waals surface area contributed by atoms with Crippen LogP contribution in [0.5, 0.6) is 11.5 Å². The molecule has 7 nitrogen and oxygen atoms in total. The number of ether oxygens (including phenoxy) is 3. The molecule has 0 fully saturated rings. The predicted octanol–water partition coefficient (Wildman–Crippen LogP) is 2.47. The molecule has 0 aliphatic rings. The van der Waals surface area contributed by atoms with E-state index < -0.39 is 5.97 Å². The van der Waals surface area contributed by atoms with Crippen LogP contribution in [0.3, 0.4) is 0 Å². The van der Waals surface area contributed by atoms with E-state index in [0.29, 0.717) is 22.7 Å². The second-order valence-corrected chi connectivity index (χ2v) is 5.04. The monoisotopic (exact) mass is 344 g/mol. The van der Waals surface area contributed by atoms with E-state index in [9.17, 15) is 9.59 Å². The van der Waals surface area contributed by atoms with Gasteiger partial charge in [0.25, 0.3) is 5.91 Å². The smallest absolute Gasteiger partial charge is 0.338 e. The Bertz CT molecular complexity index is 744. The molecule has 2 rings (SSSR count). The maximum atomic E-state index is 12.0. The SMILES string of the molecule is CCOC(=O)c1ccc(N)c(OCC(=O)Nc2ccc(OC)cc2)c1. The third-order valence-electron chi connectivity index (χ3n) is 3.26. The van der Waals surface area contributed by atoms with Crippen LogP contribution in [0.2, 0.25) is 0 Å². The first-order valence-corrected chi connectivity index (χ1v) is 7.66. The quantitative estimate of drug-likeness (QED) is 0.591. The normalized spacial score (nSPS) is 10.0. The van der Waals surface area contributed by atoms with Crippen LogP contribution >= 0.6 is 0 Å². The number of carbonyl (C=O) groups is 2. The van der Waals surface area contributed by atoms with Crippen molar-refractivity contribution in [2.24, 2.45) is 0 Å². The summed E-state index contributed by atoms with van der Waals surface area (Å²) in [6.07, 6.45) is 0. The Hall–Kier alpha value is -3.22. The summed E-state index contributed by atoms with van der Waals surface area (Å²) in [5.74, 6) is 0.106. The summed E-state index contributed by atoms with van der Waals surface area (Å²) >= 11 is 0. The average molecular weight is 344 g/mol. The van der Waals surface area contributed by atoms with Gasteiger partial charge in [-0.2, -0.15) is 0 Å². The first-order chi connectivity index (χ1) is 12.0. The van der Waals surface area contributed by atoms with Crippen LogP contribution < -0.4 is 20.5 Å². The van der Waals surface area contributed by atoms with Crippen LogP contribution in [0, 0.1) is 0 Å². The lowest BCUT2D eigenvalue weighted by atomic mass is 10.2. The van der Waals surface area contributed by atoms with E-state index in [0.717, 1.165) is 0 Å². The van der Waals surface area contributed by atoms with E-state index >= 15 is 0 Å². The van der Waals surface area contributed by atoms with Crippen molar-refractivity contribution >= 4 is 23.3 Å². The second kappa shape index (κ2) is 8.58. The summed E-state index contributed by atoms with van der Waals surface area (Å²) in [5, 5.41) is 2.69. The number of amides is 1. The number of esters is 1. The molecule has 25 heavy (non-hydrogen) atoms. The molecule has 2 aromatic carbocycles. The van der Waals surface area contributed by atoms with Crippen molar-refractivity contribution in [3.05, 3.63) is 48.0 Å².